The molecule has 6 nitrogen and oxygen atoms in total. The summed E-state index contributed by atoms with van der Waals surface area (Å²) in [4.78, 5) is -1.54. The number of terminal acetylenes is 1. The van der Waals surface area contributed by atoms with Crippen molar-refractivity contribution in [3.05, 3.63) is 77.1 Å². The molecule has 0 saturated heterocycles. The SMILES string of the molecule is C#CCN(c1ccc(OC)c(F)c1)S(=O)(=O)c1c(F)c(F)c(F)c(F)c1NCc1ccc(OC)cc1. The second-order valence-corrected chi connectivity index (χ2v) is 9.00. The molecule has 12 heteroatoms. The van der Waals surface area contributed by atoms with Crippen LogP contribution in [0.1, 0.15) is 5.56 Å². The normalized spacial score (nSPS) is 11.1. The lowest BCUT2D eigenvalue weighted by atomic mass is 10.2. The van der Waals surface area contributed by atoms with E-state index in [1.165, 1.54) is 26.4 Å². The molecule has 0 saturated carbocycles. The second-order valence-electron chi connectivity index (χ2n) is 7.20. The van der Waals surface area contributed by atoms with Crippen LogP contribution in [0.25, 0.3) is 0 Å². The molecule has 3 aromatic carbocycles. The van der Waals surface area contributed by atoms with Crippen molar-refractivity contribution in [3.8, 4) is 23.8 Å². The number of hydrogen-bond donors (Lipinski definition) is 1. The van der Waals surface area contributed by atoms with E-state index < -0.39 is 61.9 Å². The van der Waals surface area contributed by atoms with Crippen molar-refractivity contribution in [2.45, 2.75) is 11.4 Å². The van der Waals surface area contributed by atoms with Gasteiger partial charge in [0.1, 0.15) is 5.75 Å². The third kappa shape index (κ3) is 5.01. The lowest BCUT2D eigenvalue weighted by Gasteiger charge is -2.25. The molecule has 0 aromatic heterocycles. The van der Waals surface area contributed by atoms with E-state index in [1.54, 1.807) is 12.1 Å². The topological polar surface area (TPSA) is 67.9 Å². The molecule has 0 atom stereocenters. The molecule has 190 valence electrons. The van der Waals surface area contributed by atoms with Crippen LogP contribution >= 0.6 is 0 Å². The van der Waals surface area contributed by atoms with Gasteiger partial charge in [0.05, 0.1) is 32.1 Å². The summed E-state index contributed by atoms with van der Waals surface area (Å²) in [7, 11) is -2.61. The Kier molecular flexibility index (Phi) is 7.94. The summed E-state index contributed by atoms with van der Waals surface area (Å²) in [6.45, 7) is -1.08. The van der Waals surface area contributed by atoms with E-state index in [0.29, 0.717) is 15.6 Å². The molecule has 36 heavy (non-hydrogen) atoms. The monoisotopic (exact) mass is 526 g/mol. The summed E-state index contributed by atoms with van der Waals surface area (Å²) in [5.41, 5.74) is -1.11. The van der Waals surface area contributed by atoms with Crippen molar-refractivity contribution in [3.63, 3.8) is 0 Å². The van der Waals surface area contributed by atoms with Crippen LogP contribution in [-0.2, 0) is 16.6 Å². The standard InChI is InChI=1S/C24H19F5N2O4S/c1-4-11-31(15-7-10-18(35-3)17(25)12-15)36(32,33)24-22(29)20(27)19(26)21(28)23(24)30-13-14-5-8-16(34-2)9-6-14/h1,5-10,12,30H,11,13H2,2-3H3. The minimum Gasteiger partial charge on any atom is -0.497 e. The average molecular weight is 526 g/mol. The molecule has 0 radical (unpaired) electrons. The highest BCUT2D eigenvalue weighted by Crippen LogP contribution is 2.36. The predicted molar refractivity (Wildman–Crippen MR) is 123 cm³/mol. The fraction of sp³-hybridized carbons (Fsp3) is 0.167. The minimum absolute atomic E-state index is 0.233. The Labute approximate surface area is 204 Å². The lowest BCUT2D eigenvalue weighted by Crippen LogP contribution is -2.33. The Morgan fingerprint density at radius 2 is 1.56 bits per heavy atom. The van der Waals surface area contributed by atoms with Gasteiger partial charge in [0, 0.05) is 12.6 Å². The van der Waals surface area contributed by atoms with E-state index in [9.17, 15) is 30.4 Å². The molecule has 0 aliphatic heterocycles. The zero-order chi connectivity index (χ0) is 26.6. The zero-order valence-electron chi connectivity index (χ0n) is 18.9. The van der Waals surface area contributed by atoms with E-state index in [-0.39, 0.29) is 12.3 Å². The predicted octanol–water partition coefficient (Wildman–Crippen LogP) is 4.84. The van der Waals surface area contributed by atoms with Crippen LogP contribution in [0.15, 0.2) is 47.4 Å². The Bertz CT molecular complexity index is 1420. The number of nitrogens with zero attached hydrogens (tertiary/aromatic N) is 1. The molecule has 0 bridgehead atoms. The van der Waals surface area contributed by atoms with Gasteiger partial charge >= 0.3 is 0 Å². The van der Waals surface area contributed by atoms with Crippen molar-refractivity contribution in [1.82, 2.24) is 0 Å². The van der Waals surface area contributed by atoms with Gasteiger partial charge in [-0.1, -0.05) is 18.1 Å². The first-order chi connectivity index (χ1) is 17.1. The molecule has 0 fully saturated rings. The van der Waals surface area contributed by atoms with Gasteiger partial charge in [0.25, 0.3) is 10.0 Å². The molecule has 0 unspecified atom stereocenters. The molecule has 3 rings (SSSR count). The first-order valence-corrected chi connectivity index (χ1v) is 11.5. The molecule has 0 aliphatic rings. The summed E-state index contributed by atoms with van der Waals surface area (Å²) in [6.07, 6.45) is 5.25. The summed E-state index contributed by atoms with van der Waals surface area (Å²) in [5, 5.41) is 2.31. The number of anilines is 2. The molecule has 0 spiro atoms. The van der Waals surface area contributed by atoms with Crippen LogP contribution < -0.4 is 19.1 Å². The maximum atomic E-state index is 14.9. The average Bonchev–Trinajstić information content (AvgIpc) is 2.87. The summed E-state index contributed by atoms with van der Waals surface area (Å²) < 4.78 is 109. The number of halogens is 5. The number of ether oxygens (including phenoxy) is 2. The second kappa shape index (κ2) is 10.7. The molecule has 3 aromatic rings. The Morgan fingerprint density at radius 1 is 0.917 bits per heavy atom. The van der Waals surface area contributed by atoms with E-state index in [2.05, 4.69) is 5.32 Å². The highest BCUT2D eigenvalue weighted by molar-refractivity contribution is 7.93. The molecule has 0 heterocycles. The minimum atomic E-state index is -5.21. The highest BCUT2D eigenvalue weighted by Gasteiger charge is 2.37. The van der Waals surface area contributed by atoms with Crippen LogP contribution in [0, 0.1) is 41.4 Å². The summed E-state index contributed by atoms with van der Waals surface area (Å²) >= 11 is 0. The number of nitrogens with one attached hydrogen (secondary N) is 1. The maximum absolute atomic E-state index is 14.9. The fourth-order valence-electron chi connectivity index (χ4n) is 3.26. The summed E-state index contributed by atoms with van der Waals surface area (Å²) in [5.74, 6) is -7.43. The van der Waals surface area contributed by atoms with Crippen LogP contribution in [0.4, 0.5) is 33.3 Å². The lowest BCUT2D eigenvalue weighted by molar-refractivity contribution is 0.386. The van der Waals surface area contributed by atoms with E-state index >= 15 is 0 Å². The zero-order valence-corrected chi connectivity index (χ0v) is 19.7. The quantitative estimate of drug-likeness (QED) is 0.187. The van der Waals surface area contributed by atoms with E-state index in [1.807, 2.05) is 5.92 Å². The van der Waals surface area contributed by atoms with Gasteiger partial charge in [-0.05, 0) is 29.8 Å². The van der Waals surface area contributed by atoms with Gasteiger partial charge < -0.3 is 14.8 Å². The summed E-state index contributed by atoms with van der Waals surface area (Å²) in [6, 6.07) is 9.04. The third-order valence-electron chi connectivity index (χ3n) is 5.06. The van der Waals surface area contributed by atoms with Gasteiger partial charge in [-0.15, -0.1) is 6.42 Å². The van der Waals surface area contributed by atoms with Gasteiger partial charge in [-0.3, -0.25) is 4.31 Å². The van der Waals surface area contributed by atoms with Crippen LogP contribution in [0.3, 0.4) is 0 Å². The van der Waals surface area contributed by atoms with Crippen molar-refractivity contribution in [2.75, 3.05) is 30.4 Å². The van der Waals surface area contributed by atoms with Crippen molar-refractivity contribution >= 4 is 21.4 Å². The van der Waals surface area contributed by atoms with Gasteiger partial charge in [-0.2, -0.15) is 0 Å². The van der Waals surface area contributed by atoms with Crippen molar-refractivity contribution < 1.29 is 39.8 Å². The van der Waals surface area contributed by atoms with E-state index in [0.717, 1.165) is 18.2 Å². The van der Waals surface area contributed by atoms with Crippen LogP contribution in [-0.4, -0.2) is 29.2 Å². The van der Waals surface area contributed by atoms with Crippen LogP contribution in [0.2, 0.25) is 0 Å². The number of methoxy groups -OCH3 is 2. The molecule has 0 aliphatic carbocycles. The molecular weight excluding hydrogens is 507 g/mol. The van der Waals surface area contributed by atoms with E-state index in [4.69, 9.17) is 15.9 Å². The third-order valence-corrected chi connectivity index (χ3v) is 6.88. The first kappa shape index (κ1) is 26.6. The molecule has 0 amide bonds. The van der Waals surface area contributed by atoms with Crippen molar-refractivity contribution in [1.29, 1.82) is 0 Å². The Hall–Kier alpha value is -3.98. The van der Waals surface area contributed by atoms with Crippen molar-refractivity contribution in [2.24, 2.45) is 0 Å². The van der Waals surface area contributed by atoms with Gasteiger partial charge in [0.15, 0.2) is 39.7 Å². The smallest absolute Gasteiger partial charge is 0.270 e. The Balaban J connectivity index is 2.16. The number of hydrogen-bond acceptors (Lipinski definition) is 5. The number of sulfonamides is 1. The van der Waals surface area contributed by atoms with Gasteiger partial charge in [-0.25, -0.2) is 30.4 Å². The largest absolute Gasteiger partial charge is 0.497 e. The maximum Gasteiger partial charge on any atom is 0.270 e. The molecular formula is C24H19F5N2O4S. The Morgan fingerprint density at radius 3 is 2.11 bits per heavy atom. The molecule has 1 N–H and O–H groups in total. The number of rotatable bonds is 9. The fourth-order valence-corrected chi connectivity index (χ4v) is 4.86. The van der Waals surface area contributed by atoms with Crippen LogP contribution in [0.5, 0.6) is 11.5 Å². The highest BCUT2D eigenvalue weighted by atomic mass is 32.2. The van der Waals surface area contributed by atoms with Gasteiger partial charge in [0.2, 0.25) is 0 Å². The first-order valence-electron chi connectivity index (χ1n) is 10.1. The number of benzene rings is 3.